The fourth-order valence-corrected chi connectivity index (χ4v) is 3.64. The van der Waals surface area contributed by atoms with Gasteiger partial charge in [-0.1, -0.05) is 35.9 Å². The second-order valence-electron chi connectivity index (χ2n) is 5.56. The van der Waals surface area contributed by atoms with Crippen LogP contribution in [0.3, 0.4) is 0 Å². The Kier molecular flexibility index (Phi) is 2.64. The predicted octanol–water partition coefficient (Wildman–Crippen LogP) is 2.97. The molecule has 2 aromatic carbocycles. The van der Waals surface area contributed by atoms with Crippen molar-refractivity contribution in [2.75, 3.05) is 0 Å². The van der Waals surface area contributed by atoms with Crippen LogP contribution in [0, 0.1) is 10.4 Å². The number of aliphatic hydroxyl groups is 1. The van der Waals surface area contributed by atoms with Gasteiger partial charge in [0, 0.05) is 16.7 Å². The molecule has 0 spiro atoms. The fraction of sp³-hybridized carbons (Fsp3) is 0.222. The van der Waals surface area contributed by atoms with Gasteiger partial charge in [-0.2, -0.15) is 0 Å². The van der Waals surface area contributed by atoms with Gasteiger partial charge >= 0.3 is 0 Å². The Hall–Kier alpha value is -1.73. The molecular weight excluding hydrogens is 268 g/mol. The van der Waals surface area contributed by atoms with E-state index in [0.29, 0.717) is 5.76 Å². The van der Waals surface area contributed by atoms with Crippen molar-refractivity contribution in [3.8, 4) is 0 Å². The van der Waals surface area contributed by atoms with Crippen LogP contribution in [0.1, 0.15) is 24.0 Å². The molecule has 2 aliphatic carbocycles. The van der Waals surface area contributed by atoms with E-state index < -0.39 is 0 Å². The van der Waals surface area contributed by atoms with Crippen molar-refractivity contribution < 1.29 is 5.11 Å². The van der Waals surface area contributed by atoms with E-state index >= 15 is 0 Å². The van der Waals surface area contributed by atoms with Crippen LogP contribution in [0.15, 0.2) is 30.3 Å². The summed E-state index contributed by atoms with van der Waals surface area (Å²) in [4.78, 5) is 0. The van der Waals surface area contributed by atoms with E-state index in [1.807, 2.05) is 12.1 Å². The number of hydrogen-bond acceptors (Lipinski definition) is 1. The molecule has 4 rings (SSSR count). The summed E-state index contributed by atoms with van der Waals surface area (Å²) in [5, 5.41) is 15.7. The highest BCUT2D eigenvalue weighted by Gasteiger charge is 2.14. The highest BCUT2D eigenvalue weighted by Crippen LogP contribution is 2.20. The second kappa shape index (κ2) is 4.39. The zero-order valence-corrected chi connectivity index (χ0v) is 11.9. The van der Waals surface area contributed by atoms with Crippen molar-refractivity contribution in [1.82, 2.24) is 0 Å². The van der Waals surface area contributed by atoms with E-state index in [4.69, 9.17) is 11.6 Å². The monoisotopic (exact) mass is 282 g/mol. The largest absolute Gasteiger partial charge is 0.512 e. The topological polar surface area (TPSA) is 20.2 Å². The Morgan fingerprint density at radius 2 is 1.70 bits per heavy atom. The van der Waals surface area contributed by atoms with Crippen molar-refractivity contribution in [3.05, 3.63) is 67.4 Å². The standard InChI is InChI=1S/C18H15ClO/c19-12-5-7-13-11(10-12)4-6-16-14-2-1-3-18(20)17(14)9-8-15(13)16/h4-5,7-10,20H,1-3,6H2. The third-order valence-corrected chi connectivity index (χ3v) is 4.65. The quantitative estimate of drug-likeness (QED) is 0.788. The third-order valence-electron chi connectivity index (χ3n) is 4.41. The van der Waals surface area contributed by atoms with Gasteiger partial charge in [0.05, 0.1) is 5.76 Å². The Balaban J connectivity index is 2.21. The molecule has 20 heavy (non-hydrogen) atoms. The summed E-state index contributed by atoms with van der Waals surface area (Å²) >= 11 is 6.08. The van der Waals surface area contributed by atoms with Gasteiger partial charge in [0.25, 0.3) is 0 Å². The summed E-state index contributed by atoms with van der Waals surface area (Å²) in [5.41, 5.74) is 2.71. The first-order valence-corrected chi connectivity index (χ1v) is 7.45. The Bertz CT molecular complexity index is 925. The van der Waals surface area contributed by atoms with Crippen LogP contribution in [-0.2, 0) is 12.8 Å². The fourth-order valence-electron chi connectivity index (χ4n) is 3.46. The first-order chi connectivity index (χ1) is 9.74. The highest BCUT2D eigenvalue weighted by atomic mass is 35.5. The van der Waals surface area contributed by atoms with Gasteiger partial charge in [-0.3, -0.25) is 0 Å². The smallest absolute Gasteiger partial charge is 0.0997 e. The van der Waals surface area contributed by atoms with Gasteiger partial charge in [-0.25, -0.2) is 0 Å². The van der Waals surface area contributed by atoms with Crippen LogP contribution in [-0.4, -0.2) is 5.11 Å². The molecule has 2 aliphatic rings. The van der Waals surface area contributed by atoms with E-state index in [1.165, 1.54) is 26.8 Å². The molecule has 1 N–H and O–H groups in total. The Labute approximate surface area is 122 Å². The molecule has 0 saturated heterocycles. The van der Waals surface area contributed by atoms with Crippen LogP contribution >= 0.6 is 11.6 Å². The average Bonchev–Trinajstić information content (AvgIpc) is 2.46. The van der Waals surface area contributed by atoms with Gasteiger partial charge in [-0.15, -0.1) is 0 Å². The van der Waals surface area contributed by atoms with Crippen LogP contribution in [0.25, 0.3) is 11.8 Å². The van der Waals surface area contributed by atoms with E-state index in [-0.39, 0.29) is 0 Å². The maximum absolute atomic E-state index is 10.1. The van der Waals surface area contributed by atoms with Crippen molar-refractivity contribution in [2.24, 2.45) is 0 Å². The van der Waals surface area contributed by atoms with E-state index in [1.54, 1.807) is 0 Å². The molecule has 0 radical (unpaired) electrons. The highest BCUT2D eigenvalue weighted by molar-refractivity contribution is 6.30. The van der Waals surface area contributed by atoms with Gasteiger partial charge in [0.2, 0.25) is 0 Å². The van der Waals surface area contributed by atoms with Crippen LogP contribution in [0.5, 0.6) is 0 Å². The lowest BCUT2D eigenvalue weighted by atomic mass is 9.88. The summed E-state index contributed by atoms with van der Waals surface area (Å²) in [6.45, 7) is 0. The summed E-state index contributed by atoms with van der Waals surface area (Å²) in [7, 11) is 0. The summed E-state index contributed by atoms with van der Waals surface area (Å²) < 4.78 is 0. The van der Waals surface area contributed by atoms with Crippen molar-refractivity contribution in [1.29, 1.82) is 0 Å². The van der Waals surface area contributed by atoms with Crippen molar-refractivity contribution >= 4 is 23.4 Å². The lowest BCUT2D eigenvalue weighted by molar-refractivity contribution is 0.465. The maximum atomic E-state index is 10.1. The van der Waals surface area contributed by atoms with Gasteiger partial charge in [-0.05, 0) is 58.2 Å². The third kappa shape index (κ3) is 1.70. The molecule has 0 fully saturated rings. The van der Waals surface area contributed by atoms with Gasteiger partial charge in [0.15, 0.2) is 0 Å². The molecule has 0 bridgehead atoms. The second-order valence-corrected chi connectivity index (χ2v) is 5.99. The molecule has 0 amide bonds. The number of rotatable bonds is 0. The molecular formula is C18H15ClO. The predicted molar refractivity (Wildman–Crippen MR) is 82.0 cm³/mol. The summed E-state index contributed by atoms with van der Waals surface area (Å²) in [5.74, 6) is 0.552. The normalized spacial score (nSPS) is 15.9. The molecule has 0 saturated carbocycles. The number of aliphatic hydroxyl groups excluding tert-OH is 1. The summed E-state index contributed by atoms with van der Waals surface area (Å²) in [6, 6.07) is 10.3. The zero-order valence-electron chi connectivity index (χ0n) is 11.1. The minimum atomic E-state index is 0.552. The van der Waals surface area contributed by atoms with Gasteiger partial charge < -0.3 is 5.11 Å². The van der Waals surface area contributed by atoms with E-state index in [2.05, 4.69) is 24.3 Å². The maximum Gasteiger partial charge on any atom is 0.0997 e. The van der Waals surface area contributed by atoms with Crippen LogP contribution < -0.4 is 10.4 Å². The molecule has 2 aromatic rings. The first-order valence-electron chi connectivity index (χ1n) is 7.07. The lowest BCUT2D eigenvalue weighted by Gasteiger charge is -2.17. The molecule has 2 heteroatoms. The Morgan fingerprint density at radius 3 is 2.60 bits per heavy atom. The van der Waals surface area contributed by atoms with Crippen LogP contribution in [0.2, 0.25) is 5.02 Å². The number of hydrogen-bond donors (Lipinski definition) is 1. The summed E-state index contributed by atoms with van der Waals surface area (Å²) in [6.07, 6.45) is 6.10. The molecule has 100 valence electrons. The zero-order chi connectivity index (χ0) is 13.7. The molecule has 1 nitrogen and oxygen atoms in total. The SMILES string of the molecule is OC1=c2ccc3c(c2CCC1)CC=c1cc(Cl)ccc1=3. The molecule has 0 aliphatic heterocycles. The van der Waals surface area contributed by atoms with E-state index in [9.17, 15) is 5.11 Å². The van der Waals surface area contributed by atoms with Crippen molar-refractivity contribution in [3.63, 3.8) is 0 Å². The minimum Gasteiger partial charge on any atom is -0.512 e. The number of halogens is 1. The lowest BCUT2D eigenvalue weighted by Crippen LogP contribution is -2.22. The van der Waals surface area contributed by atoms with Gasteiger partial charge in [0.1, 0.15) is 0 Å². The minimum absolute atomic E-state index is 0.552. The van der Waals surface area contributed by atoms with Crippen LogP contribution in [0.4, 0.5) is 0 Å². The molecule has 0 unspecified atom stereocenters. The molecule has 0 aromatic heterocycles. The Morgan fingerprint density at radius 1 is 0.900 bits per heavy atom. The van der Waals surface area contributed by atoms with Crippen molar-refractivity contribution in [2.45, 2.75) is 25.7 Å². The average molecular weight is 283 g/mol. The molecule has 0 heterocycles. The molecule has 0 atom stereocenters. The number of fused-ring (bicyclic) bond motifs is 4. The number of benzene rings is 2. The van der Waals surface area contributed by atoms with E-state index in [0.717, 1.165) is 35.9 Å². The first kappa shape index (κ1) is 12.0.